The van der Waals surface area contributed by atoms with E-state index in [1.54, 1.807) is 30.7 Å². The van der Waals surface area contributed by atoms with Gasteiger partial charge in [-0.15, -0.1) is 10.2 Å². The van der Waals surface area contributed by atoms with E-state index in [1.807, 2.05) is 0 Å². The van der Waals surface area contributed by atoms with Crippen molar-refractivity contribution in [2.24, 2.45) is 12.8 Å². The first-order valence-corrected chi connectivity index (χ1v) is 6.48. The van der Waals surface area contributed by atoms with Crippen LogP contribution in [0.25, 0.3) is 11.4 Å². The normalized spacial score (nSPS) is 12.4. The molecule has 0 spiro atoms. The van der Waals surface area contributed by atoms with Gasteiger partial charge in [-0.2, -0.15) is 0 Å². The van der Waals surface area contributed by atoms with Crippen molar-refractivity contribution in [3.63, 3.8) is 0 Å². The molecule has 1 aromatic heterocycles. The summed E-state index contributed by atoms with van der Waals surface area (Å²) in [6.07, 6.45) is 0. The summed E-state index contributed by atoms with van der Waals surface area (Å²) in [6.45, 7) is 1.71. The first-order chi connectivity index (χ1) is 8.99. The minimum atomic E-state index is -0.406. The van der Waals surface area contributed by atoms with Crippen LogP contribution in [-0.2, 0) is 11.8 Å². The molecule has 1 heterocycles. The number of amides is 1. The summed E-state index contributed by atoms with van der Waals surface area (Å²) >= 11 is 1.24. The summed E-state index contributed by atoms with van der Waals surface area (Å²) in [5.41, 5.74) is 5.97. The van der Waals surface area contributed by atoms with Crippen molar-refractivity contribution in [2.45, 2.75) is 17.3 Å². The van der Waals surface area contributed by atoms with Crippen LogP contribution in [0, 0.1) is 5.82 Å². The zero-order chi connectivity index (χ0) is 14.0. The van der Waals surface area contributed by atoms with E-state index in [0.29, 0.717) is 11.0 Å². The summed E-state index contributed by atoms with van der Waals surface area (Å²) < 4.78 is 14.6. The Bertz CT molecular complexity index is 596. The third-order valence-electron chi connectivity index (χ3n) is 2.62. The van der Waals surface area contributed by atoms with Gasteiger partial charge in [0.1, 0.15) is 5.82 Å². The van der Waals surface area contributed by atoms with Crippen LogP contribution in [0.2, 0.25) is 0 Å². The van der Waals surface area contributed by atoms with Gasteiger partial charge in [0.15, 0.2) is 11.0 Å². The van der Waals surface area contributed by atoms with Crippen LogP contribution in [0.1, 0.15) is 6.92 Å². The van der Waals surface area contributed by atoms with Crippen LogP contribution in [0.4, 0.5) is 4.39 Å². The Labute approximate surface area is 114 Å². The molecule has 0 aliphatic carbocycles. The number of carbonyl (C=O) groups excluding carboxylic acids is 1. The highest BCUT2D eigenvalue weighted by atomic mass is 32.2. The fraction of sp³-hybridized carbons (Fsp3) is 0.250. The van der Waals surface area contributed by atoms with Gasteiger partial charge in [-0.1, -0.05) is 11.8 Å². The van der Waals surface area contributed by atoms with Gasteiger partial charge in [0.2, 0.25) is 5.91 Å². The lowest BCUT2D eigenvalue weighted by molar-refractivity contribution is -0.117. The van der Waals surface area contributed by atoms with Gasteiger partial charge in [-0.05, 0) is 31.2 Å². The second-order valence-electron chi connectivity index (χ2n) is 4.03. The molecule has 19 heavy (non-hydrogen) atoms. The number of carbonyl (C=O) groups is 1. The fourth-order valence-electron chi connectivity index (χ4n) is 1.48. The maximum absolute atomic E-state index is 12.9. The topological polar surface area (TPSA) is 73.8 Å². The SMILES string of the molecule is C[C@@H](Sc1nnc(-c2ccc(F)cc2)n1C)C(N)=O. The third kappa shape index (κ3) is 2.93. The first kappa shape index (κ1) is 13.5. The highest BCUT2D eigenvalue weighted by Gasteiger charge is 2.17. The Morgan fingerprint density at radius 1 is 1.37 bits per heavy atom. The van der Waals surface area contributed by atoms with E-state index < -0.39 is 5.91 Å². The van der Waals surface area contributed by atoms with E-state index in [2.05, 4.69) is 10.2 Å². The maximum atomic E-state index is 12.9. The number of thioether (sulfide) groups is 1. The number of primary amides is 1. The number of hydrogen-bond acceptors (Lipinski definition) is 4. The zero-order valence-corrected chi connectivity index (χ0v) is 11.3. The van der Waals surface area contributed by atoms with Gasteiger partial charge in [-0.3, -0.25) is 4.79 Å². The fourth-order valence-corrected chi connectivity index (χ4v) is 2.25. The van der Waals surface area contributed by atoms with Crippen LogP contribution in [0.3, 0.4) is 0 Å². The predicted molar refractivity (Wildman–Crippen MR) is 70.9 cm³/mol. The van der Waals surface area contributed by atoms with Crippen molar-refractivity contribution in [2.75, 3.05) is 0 Å². The smallest absolute Gasteiger partial charge is 0.230 e. The highest BCUT2D eigenvalue weighted by molar-refractivity contribution is 8.00. The Morgan fingerprint density at radius 2 is 2.00 bits per heavy atom. The summed E-state index contributed by atoms with van der Waals surface area (Å²) in [7, 11) is 1.79. The summed E-state index contributed by atoms with van der Waals surface area (Å²) in [5.74, 6) is -0.0987. The molecule has 7 heteroatoms. The van der Waals surface area contributed by atoms with Gasteiger partial charge < -0.3 is 10.3 Å². The van der Waals surface area contributed by atoms with Crippen molar-refractivity contribution >= 4 is 17.7 Å². The molecule has 5 nitrogen and oxygen atoms in total. The minimum Gasteiger partial charge on any atom is -0.369 e. The average Bonchev–Trinajstić information content (AvgIpc) is 2.72. The summed E-state index contributed by atoms with van der Waals surface area (Å²) in [4.78, 5) is 11.0. The molecule has 0 aliphatic heterocycles. The molecule has 0 unspecified atom stereocenters. The van der Waals surface area contributed by atoms with Crippen LogP contribution < -0.4 is 5.73 Å². The molecule has 0 radical (unpaired) electrons. The molecule has 2 rings (SSSR count). The lowest BCUT2D eigenvalue weighted by Gasteiger charge is -2.06. The minimum absolute atomic E-state index is 0.303. The molecule has 2 aromatic rings. The average molecular weight is 280 g/mol. The van der Waals surface area contributed by atoms with Crippen LogP contribution in [-0.4, -0.2) is 25.9 Å². The molecule has 1 amide bonds. The number of halogens is 1. The lowest BCUT2D eigenvalue weighted by Crippen LogP contribution is -2.22. The zero-order valence-electron chi connectivity index (χ0n) is 10.5. The van der Waals surface area contributed by atoms with E-state index in [0.717, 1.165) is 5.56 Å². The van der Waals surface area contributed by atoms with E-state index >= 15 is 0 Å². The Kier molecular flexibility index (Phi) is 3.84. The van der Waals surface area contributed by atoms with Crippen molar-refractivity contribution < 1.29 is 9.18 Å². The van der Waals surface area contributed by atoms with Crippen molar-refractivity contribution in [1.82, 2.24) is 14.8 Å². The van der Waals surface area contributed by atoms with Gasteiger partial charge in [0, 0.05) is 12.6 Å². The summed E-state index contributed by atoms with van der Waals surface area (Å²) in [6, 6.07) is 5.99. The molecule has 2 N–H and O–H groups in total. The Hall–Kier alpha value is -1.89. The molecule has 0 saturated heterocycles. The van der Waals surface area contributed by atoms with Gasteiger partial charge >= 0.3 is 0 Å². The van der Waals surface area contributed by atoms with E-state index in [-0.39, 0.29) is 11.1 Å². The van der Waals surface area contributed by atoms with Gasteiger partial charge in [0.05, 0.1) is 5.25 Å². The first-order valence-electron chi connectivity index (χ1n) is 5.60. The molecular formula is C12H13FN4OS. The van der Waals surface area contributed by atoms with Gasteiger partial charge in [0.25, 0.3) is 0 Å². The highest BCUT2D eigenvalue weighted by Crippen LogP contribution is 2.25. The Morgan fingerprint density at radius 3 is 2.58 bits per heavy atom. The van der Waals surface area contributed by atoms with E-state index in [9.17, 15) is 9.18 Å². The van der Waals surface area contributed by atoms with Crippen molar-refractivity contribution in [3.8, 4) is 11.4 Å². The van der Waals surface area contributed by atoms with Crippen LogP contribution in [0.5, 0.6) is 0 Å². The second-order valence-corrected chi connectivity index (χ2v) is 5.34. The predicted octanol–water partition coefficient (Wildman–Crippen LogP) is 1.59. The molecule has 1 aromatic carbocycles. The molecule has 0 fully saturated rings. The molecule has 0 saturated carbocycles. The second kappa shape index (κ2) is 5.40. The van der Waals surface area contributed by atoms with E-state index in [4.69, 9.17) is 5.73 Å². The maximum Gasteiger partial charge on any atom is 0.230 e. The lowest BCUT2D eigenvalue weighted by atomic mass is 10.2. The number of nitrogens with zero attached hydrogens (tertiary/aromatic N) is 3. The molecule has 0 aliphatic rings. The number of nitrogens with two attached hydrogens (primary N) is 1. The van der Waals surface area contributed by atoms with Crippen LogP contribution >= 0.6 is 11.8 Å². The van der Waals surface area contributed by atoms with Crippen molar-refractivity contribution in [3.05, 3.63) is 30.1 Å². The van der Waals surface area contributed by atoms with Gasteiger partial charge in [-0.25, -0.2) is 4.39 Å². The number of rotatable bonds is 4. The largest absolute Gasteiger partial charge is 0.369 e. The quantitative estimate of drug-likeness (QED) is 0.863. The standard InChI is InChI=1S/C12H13FN4OS/c1-7(10(14)18)19-12-16-15-11(17(12)2)8-3-5-9(13)6-4-8/h3-7H,1-2H3,(H2,14,18)/t7-/m1/s1. The van der Waals surface area contributed by atoms with Crippen LogP contribution in [0.15, 0.2) is 29.4 Å². The third-order valence-corrected chi connectivity index (χ3v) is 3.77. The Balaban J connectivity index is 2.27. The molecule has 1 atom stereocenters. The molecular weight excluding hydrogens is 267 g/mol. The monoisotopic (exact) mass is 280 g/mol. The summed E-state index contributed by atoms with van der Waals surface area (Å²) in [5, 5.41) is 8.26. The number of benzene rings is 1. The molecule has 0 bridgehead atoms. The molecule has 100 valence electrons. The number of hydrogen-bond donors (Lipinski definition) is 1. The van der Waals surface area contributed by atoms with Crippen molar-refractivity contribution in [1.29, 1.82) is 0 Å². The number of aromatic nitrogens is 3. The van der Waals surface area contributed by atoms with E-state index in [1.165, 1.54) is 23.9 Å².